The van der Waals surface area contributed by atoms with Gasteiger partial charge in [-0.3, -0.25) is 4.90 Å². The van der Waals surface area contributed by atoms with Gasteiger partial charge in [-0.1, -0.05) is 6.07 Å². The Morgan fingerprint density at radius 2 is 1.90 bits per heavy atom. The molecule has 0 spiro atoms. The number of nitrogens with zero attached hydrogens (tertiary/aromatic N) is 1. The number of benzene rings is 1. The molecule has 118 valence electrons. The second-order valence-electron chi connectivity index (χ2n) is 5.53. The van der Waals surface area contributed by atoms with E-state index in [2.05, 4.69) is 28.8 Å². The van der Waals surface area contributed by atoms with Crippen LogP contribution < -0.4 is 14.8 Å². The van der Waals surface area contributed by atoms with E-state index < -0.39 is 6.61 Å². The van der Waals surface area contributed by atoms with Gasteiger partial charge >= 0.3 is 6.61 Å². The molecular formula is C15H22F2N2O2. The zero-order valence-electron chi connectivity index (χ0n) is 12.6. The predicted octanol–water partition coefficient (Wildman–Crippen LogP) is 2.48. The Morgan fingerprint density at radius 3 is 2.48 bits per heavy atom. The van der Waals surface area contributed by atoms with E-state index >= 15 is 0 Å². The summed E-state index contributed by atoms with van der Waals surface area (Å²) >= 11 is 0. The monoisotopic (exact) mass is 300 g/mol. The first kappa shape index (κ1) is 16.0. The zero-order chi connectivity index (χ0) is 15.4. The lowest BCUT2D eigenvalue weighted by atomic mass is 10.1. The van der Waals surface area contributed by atoms with Crippen LogP contribution in [0.1, 0.15) is 19.4 Å². The molecule has 2 rings (SSSR count). The second kappa shape index (κ2) is 7.04. The maximum Gasteiger partial charge on any atom is 0.387 e. The molecule has 1 aromatic rings. The molecule has 1 heterocycles. The van der Waals surface area contributed by atoms with Crippen LogP contribution in [-0.2, 0) is 6.54 Å². The first-order chi connectivity index (χ1) is 9.97. The molecule has 1 aromatic carbocycles. The third-order valence-electron chi connectivity index (χ3n) is 3.48. The normalized spacial score (nSPS) is 23.3. The van der Waals surface area contributed by atoms with Gasteiger partial charge < -0.3 is 14.8 Å². The first-order valence-corrected chi connectivity index (χ1v) is 7.08. The van der Waals surface area contributed by atoms with Crippen molar-refractivity contribution in [2.75, 3.05) is 20.2 Å². The van der Waals surface area contributed by atoms with Crippen molar-refractivity contribution in [1.82, 2.24) is 10.2 Å². The van der Waals surface area contributed by atoms with Gasteiger partial charge in [0.05, 0.1) is 7.11 Å². The number of halogens is 2. The van der Waals surface area contributed by atoms with Crippen LogP contribution in [0.2, 0.25) is 0 Å². The molecular weight excluding hydrogens is 278 g/mol. The summed E-state index contributed by atoms with van der Waals surface area (Å²) in [6.07, 6.45) is 0. The molecule has 0 aromatic heterocycles. The number of rotatable bonds is 5. The van der Waals surface area contributed by atoms with Crippen LogP contribution in [0, 0.1) is 0 Å². The van der Waals surface area contributed by atoms with Crippen molar-refractivity contribution in [2.45, 2.75) is 39.1 Å². The molecule has 21 heavy (non-hydrogen) atoms. The van der Waals surface area contributed by atoms with Gasteiger partial charge in [0.1, 0.15) is 0 Å². The third-order valence-corrected chi connectivity index (χ3v) is 3.48. The van der Waals surface area contributed by atoms with Crippen LogP contribution >= 0.6 is 0 Å². The first-order valence-electron chi connectivity index (χ1n) is 7.08. The van der Waals surface area contributed by atoms with Crippen LogP contribution in [-0.4, -0.2) is 43.8 Å². The summed E-state index contributed by atoms with van der Waals surface area (Å²) in [4.78, 5) is 2.34. The number of hydrogen-bond acceptors (Lipinski definition) is 4. The second-order valence-corrected chi connectivity index (χ2v) is 5.53. The van der Waals surface area contributed by atoms with E-state index in [0.717, 1.165) is 25.2 Å². The Kier molecular flexibility index (Phi) is 5.36. The number of nitrogens with one attached hydrogen (secondary N) is 1. The largest absolute Gasteiger partial charge is 0.493 e. The summed E-state index contributed by atoms with van der Waals surface area (Å²) in [7, 11) is 1.45. The number of piperazine rings is 1. The zero-order valence-corrected chi connectivity index (χ0v) is 12.6. The summed E-state index contributed by atoms with van der Waals surface area (Å²) in [6.45, 7) is 4.15. The van der Waals surface area contributed by atoms with Crippen molar-refractivity contribution >= 4 is 0 Å². The standard InChI is InChI=1S/C15H22F2N2O2/c1-10-7-19(8-11(2)18-10)9-12-4-5-13(21-15(16)17)14(6-12)20-3/h4-6,10-11,15,18H,7-9H2,1-3H3. The molecule has 2 atom stereocenters. The van der Waals surface area contributed by atoms with E-state index in [1.54, 1.807) is 12.1 Å². The fraction of sp³-hybridized carbons (Fsp3) is 0.600. The van der Waals surface area contributed by atoms with Crippen LogP contribution in [0.5, 0.6) is 11.5 Å². The molecule has 1 aliphatic rings. The molecule has 0 amide bonds. The minimum Gasteiger partial charge on any atom is -0.493 e. The highest BCUT2D eigenvalue weighted by atomic mass is 19.3. The fourth-order valence-corrected chi connectivity index (χ4v) is 2.83. The number of ether oxygens (including phenoxy) is 2. The van der Waals surface area contributed by atoms with E-state index in [1.165, 1.54) is 13.2 Å². The molecule has 0 saturated carbocycles. The Balaban J connectivity index is 2.06. The Bertz CT molecular complexity index is 461. The summed E-state index contributed by atoms with van der Waals surface area (Å²) in [6, 6.07) is 5.98. The van der Waals surface area contributed by atoms with Gasteiger partial charge in [-0.25, -0.2) is 0 Å². The highest BCUT2D eigenvalue weighted by Crippen LogP contribution is 2.30. The summed E-state index contributed by atoms with van der Waals surface area (Å²) in [5.74, 6) is 0.405. The molecule has 4 nitrogen and oxygen atoms in total. The van der Waals surface area contributed by atoms with Gasteiger partial charge in [0.25, 0.3) is 0 Å². The van der Waals surface area contributed by atoms with Crippen molar-refractivity contribution in [3.8, 4) is 11.5 Å². The highest BCUT2D eigenvalue weighted by Gasteiger charge is 2.21. The van der Waals surface area contributed by atoms with Gasteiger partial charge in [-0.05, 0) is 31.5 Å². The van der Waals surface area contributed by atoms with Gasteiger partial charge in [-0.15, -0.1) is 0 Å². The number of alkyl halides is 2. The smallest absolute Gasteiger partial charge is 0.387 e. The average Bonchev–Trinajstić information content (AvgIpc) is 2.38. The summed E-state index contributed by atoms with van der Waals surface area (Å²) in [5.41, 5.74) is 1.02. The number of methoxy groups -OCH3 is 1. The van der Waals surface area contributed by atoms with E-state index in [9.17, 15) is 8.78 Å². The molecule has 6 heteroatoms. The predicted molar refractivity (Wildman–Crippen MR) is 77.0 cm³/mol. The number of hydrogen-bond donors (Lipinski definition) is 1. The van der Waals surface area contributed by atoms with Crippen LogP contribution in [0.15, 0.2) is 18.2 Å². The van der Waals surface area contributed by atoms with Crippen molar-refractivity contribution in [3.05, 3.63) is 23.8 Å². The Labute approximate surface area is 124 Å². The summed E-state index contributed by atoms with van der Waals surface area (Å²) in [5, 5.41) is 3.48. The topological polar surface area (TPSA) is 33.7 Å². The molecule has 1 N–H and O–H groups in total. The van der Waals surface area contributed by atoms with Crippen molar-refractivity contribution in [1.29, 1.82) is 0 Å². The van der Waals surface area contributed by atoms with Gasteiger partial charge in [0.2, 0.25) is 0 Å². The van der Waals surface area contributed by atoms with E-state index in [0.29, 0.717) is 17.8 Å². The molecule has 1 aliphatic heterocycles. The van der Waals surface area contributed by atoms with E-state index in [-0.39, 0.29) is 5.75 Å². The van der Waals surface area contributed by atoms with Crippen LogP contribution in [0.4, 0.5) is 8.78 Å². The van der Waals surface area contributed by atoms with Gasteiger partial charge in [-0.2, -0.15) is 8.78 Å². The molecule has 1 fully saturated rings. The molecule has 0 bridgehead atoms. The highest BCUT2D eigenvalue weighted by molar-refractivity contribution is 5.43. The lowest BCUT2D eigenvalue weighted by molar-refractivity contribution is -0.0512. The molecule has 0 radical (unpaired) electrons. The van der Waals surface area contributed by atoms with Gasteiger partial charge in [0, 0.05) is 31.7 Å². The SMILES string of the molecule is COc1cc(CN2CC(C)NC(C)C2)ccc1OC(F)F. The molecule has 0 aliphatic carbocycles. The summed E-state index contributed by atoms with van der Waals surface area (Å²) < 4.78 is 34.2. The van der Waals surface area contributed by atoms with E-state index in [4.69, 9.17) is 4.74 Å². The maximum atomic E-state index is 12.3. The minimum absolute atomic E-state index is 0.0679. The van der Waals surface area contributed by atoms with Crippen molar-refractivity contribution < 1.29 is 18.3 Å². The van der Waals surface area contributed by atoms with Gasteiger partial charge in [0.15, 0.2) is 11.5 Å². The quantitative estimate of drug-likeness (QED) is 0.906. The average molecular weight is 300 g/mol. The molecule has 2 unspecified atom stereocenters. The lowest BCUT2D eigenvalue weighted by Gasteiger charge is -2.36. The lowest BCUT2D eigenvalue weighted by Crippen LogP contribution is -2.53. The Hall–Kier alpha value is -1.40. The fourth-order valence-electron chi connectivity index (χ4n) is 2.83. The Morgan fingerprint density at radius 1 is 1.24 bits per heavy atom. The van der Waals surface area contributed by atoms with Crippen LogP contribution in [0.25, 0.3) is 0 Å². The third kappa shape index (κ3) is 4.54. The minimum atomic E-state index is -2.85. The van der Waals surface area contributed by atoms with Crippen LogP contribution in [0.3, 0.4) is 0 Å². The van der Waals surface area contributed by atoms with Crippen molar-refractivity contribution in [3.63, 3.8) is 0 Å². The van der Waals surface area contributed by atoms with Crippen molar-refractivity contribution in [2.24, 2.45) is 0 Å². The molecule has 1 saturated heterocycles. The maximum absolute atomic E-state index is 12.3. The van der Waals surface area contributed by atoms with E-state index in [1.807, 2.05) is 0 Å².